The minimum absolute atomic E-state index is 0.249. The lowest BCUT2D eigenvalue weighted by Crippen LogP contribution is -2.10. The number of esters is 2. The van der Waals surface area contributed by atoms with Crippen molar-refractivity contribution in [2.75, 3.05) is 0 Å². The number of carbonyl (C=O) groups excluding carboxylic acids is 2. The van der Waals surface area contributed by atoms with Gasteiger partial charge >= 0.3 is 11.9 Å². The van der Waals surface area contributed by atoms with Gasteiger partial charge < -0.3 is 9.47 Å². The van der Waals surface area contributed by atoms with E-state index in [0.717, 1.165) is 32.1 Å². The molecule has 0 aliphatic rings. The number of aryl methyl sites for hydroxylation is 1. The van der Waals surface area contributed by atoms with Crippen LogP contribution in [0.1, 0.15) is 61.9 Å². The molecule has 0 aliphatic carbocycles. The molecule has 26 heavy (non-hydrogen) atoms. The number of hydrogen-bond donors (Lipinski definition) is 0. The van der Waals surface area contributed by atoms with Gasteiger partial charge in [0, 0.05) is 6.42 Å². The third-order valence-corrected chi connectivity index (χ3v) is 3.98. The summed E-state index contributed by atoms with van der Waals surface area (Å²) in [5.41, 5.74) is 1.63. The van der Waals surface area contributed by atoms with Gasteiger partial charge in [-0.3, -0.25) is 4.79 Å². The van der Waals surface area contributed by atoms with E-state index in [1.165, 1.54) is 5.56 Å². The maximum atomic E-state index is 12.2. The third-order valence-electron chi connectivity index (χ3n) is 3.98. The first kappa shape index (κ1) is 19.7. The van der Waals surface area contributed by atoms with E-state index in [9.17, 15) is 9.59 Å². The Morgan fingerprint density at radius 2 is 1.38 bits per heavy atom. The SMILES string of the molecule is CCCCCC(=O)Oc1ccc(C(=O)Oc2ccc(CCC)cc2)cc1. The Bertz CT molecular complexity index is 702. The van der Waals surface area contributed by atoms with Crippen LogP contribution < -0.4 is 9.47 Å². The molecular weight excluding hydrogens is 328 g/mol. The number of unbranched alkanes of at least 4 members (excludes halogenated alkanes) is 2. The molecule has 2 aromatic rings. The molecular formula is C22H26O4. The van der Waals surface area contributed by atoms with Crippen molar-refractivity contribution in [1.29, 1.82) is 0 Å². The fraction of sp³-hybridized carbons (Fsp3) is 0.364. The summed E-state index contributed by atoms with van der Waals surface area (Å²) >= 11 is 0. The summed E-state index contributed by atoms with van der Waals surface area (Å²) in [6, 6.07) is 14.0. The van der Waals surface area contributed by atoms with Crippen LogP contribution in [0, 0.1) is 0 Å². The van der Waals surface area contributed by atoms with E-state index >= 15 is 0 Å². The molecule has 0 aliphatic heterocycles. The Morgan fingerprint density at radius 1 is 0.769 bits per heavy atom. The van der Waals surface area contributed by atoms with E-state index in [1.54, 1.807) is 36.4 Å². The highest BCUT2D eigenvalue weighted by Gasteiger charge is 2.10. The minimum atomic E-state index is -0.436. The average Bonchev–Trinajstić information content (AvgIpc) is 2.64. The van der Waals surface area contributed by atoms with Crippen molar-refractivity contribution < 1.29 is 19.1 Å². The zero-order chi connectivity index (χ0) is 18.8. The first-order valence-electron chi connectivity index (χ1n) is 9.24. The Balaban J connectivity index is 1.88. The molecule has 0 fully saturated rings. The van der Waals surface area contributed by atoms with Crippen LogP contribution in [-0.2, 0) is 11.2 Å². The molecule has 0 atom stereocenters. The summed E-state index contributed by atoms with van der Waals surface area (Å²) in [7, 11) is 0. The van der Waals surface area contributed by atoms with Crippen molar-refractivity contribution in [3.63, 3.8) is 0 Å². The van der Waals surface area contributed by atoms with Crippen molar-refractivity contribution in [3.05, 3.63) is 59.7 Å². The lowest BCUT2D eigenvalue weighted by molar-refractivity contribution is -0.134. The molecule has 0 saturated heterocycles. The summed E-state index contributed by atoms with van der Waals surface area (Å²) < 4.78 is 10.6. The van der Waals surface area contributed by atoms with Gasteiger partial charge in [-0.05, 0) is 54.8 Å². The van der Waals surface area contributed by atoms with Crippen LogP contribution in [0.5, 0.6) is 11.5 Å². The summed E-state index contributed by atoms with van der Waals surface area (Å²) in [6.07, 6.45) is 5.40. The van der Waals surface area contributed by atoms with Gasteiger partial charge in [-0.1, -0.05) is 45.2 Å². The highest BCUT2D eigenvalue weighted by molar-refractivity contribution is 5.91. The third kappa shape index (κ3) is 6.36. The highest BCUT2D eigenvalue weighted by Crippen LogP contribution is 2.18. The van der Waals surface area contributed by atoms with Gasteiger partial charge in [0.15, 0.2) is 0 Å². The van der Waals surface area contributed by atoms with E-state index in [2.05, 4.69) is 13.8 Å². The van der Waals surface area contributed by atoms with Crippen molar-refractivity contribution in [2.24, 2.45) is 0 Å². The lowest BCUT2D eigenvalue weighted by Gasteiger charge is -2.07. The molecule has 2 aromatic carbocycles. The summed E-state index contributed by atoms with van der Waals surface area (Å²) in [6.45, 7) is 4.21. The molecule has 0 spiro atoms. The number of rotatable bonds is 9. The fourth-order valence-electron chi connectivity index (χ4n) is 2.54. The molecule has 138 valence electrons. The first-order chi connectivity index (χ1) is 12.6. The predicted molar refractivity (Wildman–Crippen MR) is 102 cm³/mol. The molecule has 0 heterocycles. The predicted octanol–water partition coefficient (Wildman–Crippen LogP) is 5.34. The van der Waals surface area contributed by atoms with Crippen LogP contribution in [0.2, 0.25) is 0 Å². The maximum absolute atomic E-state index is 12.2. The lowest BCUT2D eigenvalue weighted by atomic mass is 10.1. The molecule has 4 heteroatoms. The van der Waals surface area contributed by atoms with Gasteiger partial charge in [0.2, 0.25) is 0 Å². The van der Waals surface area contributed by atoms with Gasteiger partial charge in [-0.25, -0.2) is 4.79 Å². The van der Waals surface area contributed by atoms with Gasteiger partial charge in [-0.15, -0.1) is 0 Å². The smallest absolute Gasteiger partial charge is 0.343 e. The summed E-state index contributed by atoms with van der Waals surface area (Å²) in [5.74, 6) is 0.267. The summed E-state index contributed by atoms with van der Waals surface area (Å²) in [4.78, 5) is 23.9. The van der Waals surface area contributed by atoms with Crippen molar-refractivity contribution in [2.45, 2.75) is 52.4 Å². The Kier molecular flexibility index (Phi) is 7.87. The second kappa shape index (κ2) is 10.4. The molecule has 4 nitrogen and oxygen atoms in total. The Morgan fingerprint density at radius 3 is 2.00 bits per heavy atom. The zero-order valence-corrected chi connectivity index (χ0v) is 15.5. The topological polar surface area (TPSA) is 52.6 Å². The molecule has 0 unspecified atom stereocenters. The molecule has 0 amide bonds. The second-order valence-corrected chi connectivity index (χ2v) is 6.24. The van der Waals surface area contributed by atoms with Crippen molar-refractivity contribution in [1.82, 2.24) is 0 Å². The monoisotopic (exact) mass is 354 g/mol. The van der Waals surface area contributed by atoms with Crippen LogP contribution in [0.25, 0.3) is 0 Å². The van der Waals surface area contributed by atoms with Gasteiger partial charge in [0.05, 0.1) is 5.56 Å². The highest BCUT2D eigenvalue weighted by atomic mass is 16.5. The normalized spacial score (nSPS) is 10.4. The van der Waals surface area contributed by atoms with Crippen LogP contribution in [0.3, 0.4) is 0 Å². The van der Waals surface area contributed by atoms with Crippen LogP contribution in [0.15, 0.2) is 48.5 Å². The maximum Gasteiger partial charge on any atom is 0.343 e. The molecule has 0 aromatic heterocycles. The van der Waals surface area contributed by atoms with E-state index in [4.69, 9.17) is 9.47 Å². The largest absolute Gasteiger partial charge is 0.427 e. The first-order valence-corrected chi connectivity index (χ1v) is 9.24. The number of benzene rings is 2. The standard InChI is InChI=1S/C22H26O4/c1-3-5-6-8-21(23)25-19-15-11-18(12-16-19)22(24)26-20-13-9-17(7-4-2)10-14-20/h9-16H,3-8H2,1-2H3. The molecule has 0 saturated carbocycles. The Labute approximate surface area is 155 Å². The number of hydrogen-bond acceptors (Lipinski definition) is 4. The quantitative estimate of drug-likeness (QED) is 0.346. The Hall–Kier alpha value is -2.62. The zero-order valence-electron chi connectivity index (χ0n) is 15.5. The number of ether oxygens (including phenoxy) is 2. The van der Waals surface area contributed by atoms with E-state index in [0.29, 0.717) is 23.5 Å². The molecule has 0 radical (unpaired) electrons. The van der Waals surface area contributed by atoms with Crippen LogP contribution in [0.4, 0.5) is 0 Å². The van der Waals surface area contributed by atoms with Crippen LogP contribution in [-0.4, -0.2) is 11.9 Å². The van der Waals surface area contributed by atoms with E-state index in [1.807, 2.05) is 12.1 Å². The average molecular weight is 354 g/mol. The molecule has 2 rings (SSSR count). The fourth-order valence-corrected chi connectivity index (χ4v) is 2.54. The summed E-state index contributed by atoms with van der Waals surface area (Å²) in [5, 5.41) is 0. The van der Waals surface area contributed by atoms with Crippen LogP contribution >= 0.6 is 0 Å². The van der Waals surface area contributed by atoms with E-state index in [-0.39, 0.29) is 5.97 Å². The van der Waals surface area contributed by atoms with Gasteiger partial charge in [0.25, 0.3) is 0 Å². The second-order valence-electron chi connectivity index (χ2n) is 6.24. The molecule has 0 N–H and O–H groups in total. The van der Waals surface area contributed by atoms with Gasteiger partial charge in [0.1, 0.15) is 11.5 Å². The minimum Gasteiger partial charge on any atom is -0.427 e. The van der Waals surface area contributed by atoms with Crippen molar-refractivity contribution in [3.8, 4) is 11.5 Å². The van der Waals surface area contributed by atoms with E-state index < -0.39 is 5.97 Å². The molecule has 0 bridgehead atoms. The van der Waals surface area contributed by atoms with Crippen molar-refractivity contribution >= 4 is 11.9 Å². The number of carbonyl (C=O) groups is 2. The van der Waals surface area contributed by atoms with Gasteiger partial charge in [-0.2, -0.15) is 0 Å².